The zero-order valence-corrected chi connectivity index (χ0v) is 12.4. The standard InChI is InChI=1S/C8H17.C3H7.Y/c1-5-8(4)6-7(2)3;1-3-2;/h5,7-8H,6H2,1-4H3;3H,1-2H3;/q2*-1;. The van der Waals surface area contributed by atoms with Crippen LogP contribution in [0, 0.1) is 24.7 Å². The third-order valence-corrected chi connectivity index (χ3v) is 1.41. The summed E-state index contributed by atoms with van der Waals surface area (Å²) in [6, 6.07) is 0. The van der Waals surface area contributed by atoms with Gasteiger partial charge >= 0.3 is 0 Å². The molecule has 0 spiro atoms. The van der Waals surface area contributed by atoms with Crippen molar-refractivity contribution in [3.63, 3.8) is 0 Å². The Morgan fingerprint density at radius 2 is 1.33 bits per heavy atom. The summed E-state index contributed by atoms with van der Waals surface area (Å²) in [6.07, 6.45) is 5.59. The molecule has 0 aliphatic carbocycles. The van der Waals surface area contributed by atoms with Crippen LogP contribution in [0.4, 0.5) is 0 Å². The molecule has 0 nitrogen and oxygen atoms in total. The van der Waals surface area contributed by atoms with Crippen LogP contribution in [-0.4, -0.2) is 0 Å². The SMILES string of the molecule is C[CH-]C.C[CH-]C(C)CC(C)C.[Y]. The second kappa shape index (κ2) is 14.6. The van der Waals surface area contributed by atoms with Crippen LogP contribution < -0.4 is 0 Å². The Balaban J connectivity index is -0.000000177. The van der Waals surface area contributed by atoms with Gasteiger partial charge in [0.25, 0.3) is 0 Å². The van der Waals surface area contributed by atoms with Gasteiger partial charge in [0.2, 0.25) is 0 Å². The predicted molar refractivity (Wildman–Crippen MR) is 54.2 cm³/mol. The molecule has 0 aromatic carbocycles. The van der Waals surface area contributed by atoms with Crippen LogP contribution in [0.2, 0.25) is 0 Å². The van der Waals surface area contributed by atoms with Crippen LogP contribution in [0.3, 0.4) is 0 Å². The Kier molecular flexibility index (Phi) is 22.9. The van der Waals surface area contributed by atoms with Crippen molar-refractivity contribution in [3.8, 4) is 0 Å². The van der Waals surface area contributed by atoms with Crippen LogP contribution >= 0.6 is 0 Å². The van der Waals surface area contributed by atoms with Crippen molar-refractivity contribution in [2.24, 2.45) is 11.8 Å². The molecule has 0 aromatic heterocycles. The monoisotopic (exact) mass is 245 g/mol. The summed E-state index contributed by atoms with van der Waals surface area (Å²) in [7, 11) is 0. The molecule has 0 amide bonds. The van der Waals surface area contributed by atoms with Crippen molar-refractivity contribution in [2.75, 3.05) is 0 Å². The average Bonchev–Trinajstić information content (AvgIpc) is 1.88. The van der Waals surface area contributed by atoms with E-state index < -0.39 is 0 Å². The average molecular weight is 245 g/mol. The first-order valence-corrected chi connectivity index (χ1v) is 4.61. The fourth-order valence-electron chi connectivity index (χ4n) is 0.880. The quantitative estimate of drug-likeness (QED) is 0.656. The predicted octanol–water partition coefficient (Wildman–Crippen LogP) is 4.12. The third-order valence-electron chi connectivity index (χ3n) is 1.41. The Hall–Kier alpha value is 1.10. The van der Waals surface area contributed by atoms with Gasteiger partial charge in [-0.15, -0.1) is 0 Å². The molecule has 0 saturated heterocycles. The number of hydrogen-bond acceptors (Lipinski definition) is 0. The molecule has 1 atom stereocenters. The summed E-state index contributed by atoms with van der Waals surface area (Å²) < 4.78 is 0. The molecule has 12 heavy (non-hydrogen) atoms. The van der Waals surface area contributed by atoms with E-state index in [1.54, 1.807) is 0 Å². The van der Waals surface area contributed by atoms with Crippen molar-refractivity contribution in [1.29, 1.82) is 0 Å². The number of hydrogen-bond donors (Lipinski definition) is 0. The van der Waals surface area contributed by atoms with E-state index in [-0.39, 0.29) is 32.7 Å². The van der Waals surface area contributed by atoms with Crippen molar-refractivity contribution < 1.29 is 32.7 Å². The van der Waals surface area contributed by atoms with Gasteiger partial charge in [-0.05, 0) is 5.92 Å². The topological polar surface area (TPSA) is 0 Å². The first-order valence-electron chi connectivity index (χ1n) is 4.61. The number of rotatable bonds is 3. The summed E-state index contributed by atoms with van der Waals surface area (Å²) in [5.41, 5.74) is 0. The molecule has 0 rings (SSSR count). The van der Waals surface area contributed by atoms with E-state index in [0.29, 0.717) is 0 Å². The van der Waals surface area contributed by atoms with Gasteiger partial charge in [0.1, 0.15) is 0 Å². The largest absolute Gasteiger partial charge is 0.335 e. The fraction of sp³-hybridized carbons (Fsp3) is 0.818. The van der Waals surface area contributed by atoms with Gasteiger partial charge in [-0.3, -0.25) is 0 Å². The van der Waals surface area contributed by atoms with Crippen LogP contribution in [0.1, 0.15) is 48.0 Å². The van der Waals surface area contributed by atoms with E-state index in [1.165, 1.54) is 6.42 Å². The zero-order chi connectivity index (χ0) is 9.28. The minimum atomic E-state index is 0. The molecular weight excluding hydrogens is 221 g/mol. The van der Waals surface area contributed by atoms with Gasteiger partial charge in [-0.25, -0.2) is 0 Å². The van der Waals surface area contributed by atoms with Crippen molar-refractivity contribution in [2.45, 2.75) is 48.0 Å². The van der Waals surface area contributed by atoms with Crippen LogP contribution in [-0.2, 0) is 32.7 Å². The molecule has 0 aromatic rings. The molecule has 0 N–H and O–H groups in total. The van der Waals surface area contributed by atoms with E-state index in [9.17, 15) is 0 Å². The van der Waals surface area contributed by atoms with Gasteiger partial charge in [-0.2, -0.15) is 26.7 Å². The maximum absolute atomic E-state index is 2.26. The van der Waals surface area contributed by atoms with Crippen LogP contribution in [0.5, 0.6) is 0 Å². The molecular formula is C11H24Y-2. The summed E-state index contributed by atoms with van der Waals surface area (Å²) >= 11 is 0. The Bertz CT molecular complexity index is 60.0. The second-order valence-electron chi connectivity index (χ2n) is 3.52. The molecule has 1 radical (unpaired) electrons. The molecule has 0 heterocycles. The maximum Gasteiger partial charge on any atom is 0 e. The minimum Gasteiger partial charge on any atom is -0.335 e. The Labute approximate surface area is 105 Å². The van der Waals surface area contributed by atoms with E-state index >= 15 is 0 Å². The first-order chi connectivity index (χ1) is 5.08. The van der Waals surface area contributed by atoms with E-state index in [1.807, 2.05) is 20.3 Å². The van der Waals surface area contributed by atoms with Gasteiger partial charge in [0.15, 0.2) is 0 Å². The molecule has 0 bridgehead atoms. The molecule has 1 unspecified atom stereocenters. The van der Waals surface area contributed by atoms with E-state index in [4.69, 9.17) is 0 Å². The van der Waals surface area contributed by atoms with Crippen molar-refractivity contribution >= 4 is 0 Å². The molecule has 0 saturated carbocycles. The van der Waals surface area contributed by atoms with Gasteiger partial charge in [0.05, 0.1) is 0 Å². The van der Waals surface area contributed by atoms with Gasteiger partial charge in [0, 0.05) is 32.7 Å². The second-order valence-corrected chi connectivity index (χ2v) is 3.52. The summed E-state index contributed by atoms with van der Waals surface area (Å²) in [6.45, 7) is 12.9. The van der Waals surface area contributed by atoms with Gasteiger partial charge < -0.3 is 12.8 Å². The summed E-state index contributed by atoms with van der Waals surface area (Å²) in [5.74, 6) is 1.65. The van der Waals surface area contributed by atoms with Crippen molar-refractivity contribution in [1.82, 2.24) is 0 Å². The molecule has 73 valence electrons. The fourth-order valence-corrected chi connectivity index (χ4v) is 0.880. The Morgan fingerprint density at radius 1 is 1.00 bits per heavy atom. The summed E-state index contributed by atoms with van der Waals surface area (Å²) in [5, 5.41) is 0. The minimum absolute atomic E-state index is 0. The molecule has 0 aliphatic heterocycles. The van der Waals surface area contributed by atoms with E-state index in [2.05, 4.69) is 34.1 Å². The normalized spacial score (nSPS) is 11.2. The van der Waals surface area contributed by atoms with Gasteiger partial charge in [-0.1, -0.05) is 27.2 Å². The van der Waals surface area contributed by atoms with Crippen LogP contribution in [0.15, 0.2) is 0 Å². The molecule has 0 aliphatic rings. The molecule has 1 heteroatoms. The first kappa shape index (κ1) is 18.8. The summed E-state index contributed by atoms with van der Waals surface area (Å²) in [4.78, 5) is 0. The smallest absolute Gasteiger partial charge is 0 e. The third kappa shape index (κ3) is 22.5. The maximum atomic E-state index is 2.26. The zero-order valence-electron chi connectivity index (χ0n) is 9.59. The van der Waals surface area contributed by atoms with Crippen LogP contribution in [0.25, 0.3) is 0 Å². The van der Waals surface area contributed by atoms with Crippen molar-refractivity contribution in [3.05, 3.63) is 12.8 Å². The molecule has 0 fully saturated rings. The van der Waals surface area contributed by atoms with E-state index in [0.717, 1.165) is 11.8 Å². The Morgan fingerprint density at radius 3 is 1.42 bits per heavy atom.